The van der Waals surface area contributed by atoms with Crippen LogP contribution < -0.4 is 10.6 Å². The van der Waals surface area contributed by atoms with E-state index in [0.29, 0.717) is 30.5 Å². The van der Waals surface area contributed by atoms with Crippen LogP contribution in [0.15, 0.2) is 24.5 Å². The van der Waals surface area contributed by atoms with Crippen LogP contribution in [0.3, 0.4) is 0 Å². The summed E-state index contributed by atoms with van der Waals surface area (Å²) in [6, 6.07) is 3.72. The summed E-state index contributed by atoms with van der Waals surface area (Å²) in [5, 5.41) is 11.3. The Kier molecular flexibility index (Phi) is 6.01. The van der Waals surface area contributed by atoms with Crippen molar-refractivity contribution in [3.8, 4) is 0 Å². The van der Waals surface area contributed by atoms with Gasteiger partial charge in [0, 0.05) is 45.0 Å². The molecule has 0 radical (unpaired) electrons. The van der Waals surface area contributed by atoms with Gasteiger partial charge in [0.25, 0.3) is 12.4 Å². The zero-order valence-corrected chi connectivity index (χ0v) is 17.8. The van der Waals surface area contributed by atoms with E-state index in [2.05, 4.69) is 29.5 Å². The number of imidazole rings is 1. The van der Waals surface area contributed by atoms with Crippen LogP contribution in [0.5, 0.6) is 0 Å². The SMILES string of the molecule is Cc1cc2n(n1)CCN(C(=O)c1cn3c(n1)CCN(c1nccc(N)n1)CC3)C2.O=CO. The largest absolute Gasteiger partial charge is 0.483 e. The number of carbonyl (C=O) groups is 2. The molecule has 3 N–H and O–H groups in total. The molecule has 12 nitrogen and oxygen atoms in total. The van der Waals surface area contributed by atoms with E-state index in [-0.39, 0.29) is 12.4 Å². The molecule has 168 valence electrons. The lowest BCUT2D eigenvalue weighted by Crippen LogP contribution is -2.38. The number of carboxylic acid groups (broad SMARTS) is 1. The van der Waals surface area contributed by atoms with Crippen LogP contribution in [-0.2, 0) is 30.8 Å². The van der Waals surface area contributed by atoms with Gasteiger partial charge < -0.3 is 25.2 Å². The van der Waals surface area contributed by atoms with Gasteiger partial charge in [-0.1, -0.05) is 0 Å². The molecule has 0 aromatic carbocycles. The fraction of sp³-hybridized carbons (Fsp3) is 0.400. The fourth-order valence-electron chi connectivity index (χ4n) is 3.99. The highest BCUT2D eigenvalue weighted by Gasteiger charge is 2.26. The molecule has 0 fully saturated rings. The molecule has 0 atom stereocenters. The Labute approximate surface area is 184 Å². The molecule has 0 unspecified atom stereocenters. The van der Waals surface area contributed by atoms with Crippen molar-refractivity contribution in [2.45, 2.75) is 33.0 Å². The molecule has 1 amide bonds. The number of hydrogen-bond acceptors (Lipinski definition) is 8. The van der Waals surface area contributed by atoms with Gasteiger partial charge in [-0.15, -0.1) is 0 Å². The summed E-state index contributed by atoms with van der Waals surface area (Å²) in [5.41, 5.74) is 8.35. The van der Waals surface area contributed by atoms with E-state index in [1.165, 1.54) is 0 Å². The molecule has 0 spiro atoms. The average molecular weight is 439 g/mol. The smallest absolute Gasteiger partial charge is 0.290 e. The molecule has 2 aliphatic rings. The average Bonchev–Trinajstić information content (AvgIpc) is 3.29. The molecule has 3 aromatic heterocycles. The van der Waals surface area contributed by atoms with Crippen molar-refractivity contribution in [3.63, 3.8) is 0 Å². The van der Waals surface area contributed by atoms with Gasteiger partial charge in [-0.3, -0.25) is 14.3 Å². The second kappa shape index (κ2) is 9.04. The second-order valence-corrected chi connectivity index (χ2v) is 7.59. The molecular weight excluding hydrogens is 414 g/mol. The molecule has 2 aliphatic heterocycles. The molecule has 0 aliphatic carbocycles. The Balaban J connectivity index is 0.000000775. The summed E-state index contributed by atoms with van der Waals surface area (Å²) >= 11 is 0. The van der Waals surface area contributed by atoms with Gasteiger partial charge in [0.05, 0.1) is 24.5 Å². The Hall–Kier alpha value is -3.96. The third-order valence-corrected chi connectivity index (χ3v) is 5.45. The Morgan fingerprint density at radius 1 is 1.19 bits per heavy atom. The lowest BCUT2D eigenvalue weighted by molar-refractivity contribution is -0.122. The second-order valence-electron chi connectivity index (χ2n) is 7.59. The van der Waals surface area contributed by atoms with Crippen molar-refractivity contribution in [2.75, 3.05) is 30.3 Å². The number of rotatable bonds is 2. The monoisotopic (exact) mass is 439 g/mol. The first-order chi connectivity index (χ1) is 15.5. The standard InChI is InChI=1S/C19H23N9O.CH2O2/c1-13-10-14-11-27(8-9-28(14)24-13)18(29)15-12-26-7-6-25(5-3-17(26)22-15)19-21-4-2-16(20)23-19;2-1-3/h2,4,10,12H,3,5-9,11H2,1H3,(H2,20,21,23);1H,(H,2,3). The van der Waals surface area contributed by atoms with E-state index in [9.17, 15) is 4.79 Å². The third kappa shape index (κ3) is 4.38. The normalized spacial score (nSPS) is 15.2. The maximum Gasteiger partial charge on any atom is 0.290 e. The number of hydrogen-bond donors (Lipinski definition) is 2. The molecule has 5 heterocycles. The van der Waals surface area contributed by atoms with E-state index in [1.807, 2.05) is 28.8 Å². The van der Waals surface area contributed by atoms with Crippen LogP contribution >= 0.6 is 0 Å². The molecule has 3 aromatic rings. The molecule has 32 heavy (non-hydrogen) atoms. The van der Waals surface area contributed by atoms with Gasteiger partial charge in [0.15, 0.2) is 0 Å². The summed E-state index contributed by atoms with van der Waals surface area (Å²) in [7, 11) is 0. The number of nitrogens with two attached hydrogens (primary N) is 1. The highest BCUT2D eigenvalue weighted by atomic mass is 16.3. The first-order valence-corrected chi connectivity index (χ1v) is 10.3. The van der Waals surface area contributed by atoms with E-state index in [0.717, 1.165) is 49.8 Å². The number of anilines is 2. The molecule has 5 rings (SSSR count). The number of nitrogens with zero attached hydrogens (tertiary/aromatic N) is 8. The van der Waals surface area contributed by atoms with Gasteiger partial charge >= 0.3 is 0 Å². The highest BCUT2D eigenvalue weighted by Crippen LogP contribution is 2.18. The lowest BCUT2D eigenvalue weighted by atomic mass is 10.2. The fourth-order valence-corrected chi connectivity index (χ4v) is 3.99. The maximum atomic E-state index is 13.0. The van der Waals surface area contributed by atoms with Crippen molar-refractivity contribution in [2.24, 2.45) is 0 Å². The van der Waals surface area contributed by atoms with Crippen LogP contribution in [0.2, 0.25) is 0 Å². The third-order valence-electron chi connectivity index (χ3n) is 5.45. The number of aromatic nitrogens is 6. The van der Waals surface area contributed by atoms with Crippen LogP contribution in [-0.4, -0.2) is 71.3 Å². The van der Waals surface area contributed by atoms with Crippen LogP contribution in [0.4, 0.5) is 11.8 Å². The molecule has 0 bridgehead atoms. The molecule has 12 heteroatoms. The van der Waals surface area contributed by atoms with Crippen LogP contribution in [0.1, 0.15) is 27.7 Å². The maximum absolute atomic E-state index is 13.0. The summed E-state index contributed by atoms with van der Waals surface area (Å²) in [6.45, 7) is 5.86. The van der Waals surface area contributed by atoms with Gasteiger partial charge in [0.1, 0.15) is 17.3 Å². The van der Waals surface area contributed by atoms with Crippen molar-refractivity contribution in [1.29, 1.82) is 0 Å². The van der Waals surface area contributed by atoms with Crippen molar-refractivity contribution < 1.29 is 14.7 Å². The zero-order valence-electron chi connectivity index (χ0n) is 17.8. The Morgan fingerprint density at radius 2 is 2.00 bits per heavy atom. The molecule has 0 saturated carbocycles. The number of nitrogen functional groups attached to an aromatic ring is 1. The van der Waals surface area contributed by atoms with Crippen LogP contribution in [0, 0.1) is 6.92 Å². The summed E-state index contributed by atoms with van der Waals surface area (Å²) in [5.74, 6) is 1.99. The minimum Gasteiger partial charge on any atom is -0.483 e. The predicted octanol–water partition coefficient (Wildman–Crippen LogP) is 0.180. The first-order valence-electron chi connectivity index (χ1n) is 10.3. The van der Waals surface area contributed by atoms with Gasteiger partial charge in [-0.25, -0.2) is 9.97 Å². The van der Waals surface area contributed by atoms with Crippen molar-refractivity contribution in [1.82, 2.24) is 34.2 Å². The first kappa shape index (κ1) is 21.3. The quantitative estimate of drug-likeness (QED) is 0.533. The number of aryl methyl sites for hydroxylation is 1. The molecule has 0 saturated heterocycles. The van der Waals surface area contributed by atoms with Crippen molar-refractivity contribution >= 4 is 24.1 Å². The lowest BCUT2D eigenvalue weighted by Gasteiger charge is -2.27. The summed E-state index contributed by atoms with van der Waals surface area (Å²) in [4.78, 5) is 38.6. The van der Waals surface area contributed by atoms with E-state index >= 15 is 0 Å². The van der Waals surface area contributed by atoms with Gasteiger partial charge in [-0.05, 0) is 19.1 Å². The Morgan fingerprint density at radius 3 is 2.78 bits per heavy atom. The van der Waals surface area contributed by atoms with Crippen LogP contribution in [0.25, 0.3) is 0 Å². The van der Waals surface area contributed by atoms with Crippen molar-refractivity contribution in [3.05, 3.63) is 47.4 Å². The minimum atomic E-state index is -0.250. The number of fused-ring (bicyclic) bond motifs is 2. The topological polar surface area (TPSA) is 148 Å². The summed E-state index contributed by atoms with van der Waals surface area (Å²) < 4.78 is 4.05. The minimum absolute atomic E-state index is 0.0216. The van der Waals surface area contributed by atoms with Gasteiger partial charge in [-0.2, -0.15) is 10.1 Å². The van der Waals surface area contributed by atoms with E-state index in [1.54, 1.807) is 12.3 Å². The Bertz CT molecular complexity index is 1100. The highest BCUT2D eigenvalue weighted by molar-refractivity contribution is 5.92. The summed E-state index contributed by atoms with van der Waals surface area (Å²) in [6.07, 6.45) is 4.26. The molecular formula is C20H25N9O3. The van der Waals surface area contributed by atoms with E-state index < -0.39 is 0 Å². The number of amides is 1. The predicted molar refractivity (Wildman–Crippen MR) is 115 cm³/mol. The van der Waals surface area contributed by atoms with Gasteiger partial charge in [0.2, 0.25) is 5.95 Å². The number of carbonyl (C=O) groups excluding carboxylic acids is 1. The van der Waals surface area contributed by atoms with E-state index in [4.69, 9.17) is 15.6 Å². The zero-order chi connectivity index (χ0) is 22.7.